The van der Waals surface area contributed by atoms with Gasteiger partial charge < -0.3 is 9.52 Å². The van der Waals surface area contributed by atoms with Gasteiger partial charge in [-0.05, 0) is 25.5 Å². The molecule has 0 amide bonds. The minimum atomic E-state index is -0.936. The molecule has 0 saturated heterocycles. The molecule has 1 aliphatic carbocycles. The highest BCUT2D eigenvalue weighted by Crippen LogP contribution is 2.24. The van der Waals surface area contributed by atoms with Gasteiger partial charge in [-0.1, -0.05) is 31.2 Å². The number of carbonyl (C=O) groups is 1. The first kappa shape index (κ1) is 14.1. The highest BCUT2D eigenvalue weighted by atomic mass is 16.4. The molecule has 104 valence electrons. The Bertz CT molecular complexity index is 630. The van der Waals surface area contributed by atoms with Gasteiger partial charge in [-0.15, -0.1) is 0 Å². The second-order valence-corrected chi connectivity index (χ2v) is 4.40. The van der Waals surface area contributed by atoms with Crippen molar-refractivity contribution in [3.63, 3.8) is 0 Å². The maximum absolute atomic E-state index is 10.9. The van der Waals surface area contributed by atoms with E-state index in [1.807, 2.05) is 32.1 Å². The molecule has 4 heteroatoms. The van der Waals surface area contributed by atoms with Crippen LogP contribution in [0.15, 0.2) is 40.4 Å². The Hall–Kier alpha value is -2.36. The van der Waals surface area contributed by atoms with E-state index in [1.54, 1.807) is 18.2 Å². The highest BCUT2D eigenvalue weighted by Gasteiger charge is 2.16. The first-order valence-corrected chi connectivity index (χ1v) is 6.59. The van der Waals surface area contributed by atoms with Crippen molar-refractivity contribution in [1.29, 1.82) is 0 Å². The van der Waals surface area contributed by atoms with Gasteiger partial charge in [-0.25, -0.2) is 9.78 Å². The topological polar surface area (TPSA) is 63.3 Å². The number of carboxylic acids is 1. The molecular formula is C16H17NO3. The summed E-state index contributed by atoms with van der Waals surface area (Å²) in [5, 5.41) is 8.97. The zero-order valence-electron chi connectivity index (χ0n) is 11.6. The Labute approximate surface area is 117 Å². The van der Waals surface area contributed by atoms with Crippen LogP contribution < -0.4 is 0 Å². The van der Waals surface area contributed by atoms with E-state index in [1.165, 1.54) is 0 Å². The van der Waals surface area contributed by atoms with E-state index in [9.17, 15) is 4.79 Å². The van der Waals surface area contributed by atoms with Gasteiger partial charge >= 0.3 is 5.97 Å². The first-order valence-electron chi connectivity index (χ1n) is 6.59. The predicted molar refractivity (Wildman–Crippen MR) is 78.0 cm³/mol. The van der Waals surface area contributed by atoms with Crippen molar-refractivity contribution in [2.24, 2.45) is 0 Å². The van der Waals surface area contributed by atoms with Crippen LogP contribution in [0.25, 0.3) is 11.6 Å². The lowest BCUT2D eigenvalue weighted by atomic mass is 10.2. The number of allylic oxidation sites excluding steroid dienone is 5. The highest BCUT2D eigenvalue weighted by molar-refractivity contribution is 5.91. The van der Waals surface area contributed by atoms with Crippen LogP contribution in [0.4, 0.5) is 0 Å². The number of fused-ring (bicyclic) bond motifs is 1. The molecule has 0 radical (unpaired) electrons. The van der Waals surface area contributed by atoms with Gasteiger partial charge in [0.2, 0.25) is 5.89 Å². The number of hydrogen-bond acceptors (Lipinski definition) is 3. The monoisotopic (exact) mass is 271 g/mol. The van der Waals surface area contributed by atoms with Crippen molar-refractivity contribution in [2.75, 3.05) is 0 Å². The molecule has 0 saturated carbocycles. The summed E-state index contributed by atoms with van der Waals surface area (Å²) in [6.07, 6.45) is 12.0. The largest absolute Gasteiger partial charge is 0.478 e. The Balaban J connectivity index is 2.32. The summed E-state index contributed by atoms with van der Waals surface area (Å²) in [6, 6.07) is 0. The summed E-state index contributed by atoms with van der Waals surface area (Å²) in [4.78, 5) is 15.4. The number of aliphatic carboxylic acids is 1. The lowest BCUT2D eigenvalue weighted by Crippen LogP contribution is -1.97. The van der Waals surface area contributed by atoms with Gasteiger partial charge in [0.25, 0.3) is 0 Å². The molecule has 0 aliphatic heterocycles. The van der Waals surface area contributed by atoms with Crippen LogP contribution in [0.1, 0.15) is 37.6 Å². The van der Waals surface area contributed by atoms with Crippen molar-refractivity contribution in [2.45, 2.75) is 26.7 Å². The number of aromatic nitrogens is 1. The van der Waals surface area contributed by atoms with E-state index in [0.29, 0.717) is 23.8 Å². The number of hydrogen-bond donors (Lipinski definition) is 1. The van der Waals surface area contributed by atoms with Crippen LogP contribution >= 0.6 is 0 Å². The Morgan fingerprint density at radius 3 is 2.95 bits per heavy atom. The summed E-state index contributed by atoms with van der Waals surface area (Å²) in [6.45, 7) is 4.00. The molecule has 1 N–H and O–H groups in total. The van der Waals surface area contributed by atoms with Crippen LogP contribution in [0.3, 0.4) is 0 Å². The van der Waals surface area contributed by atoms with Crippen molar-refractivity contribution in [1.82, 2.24) is 4.98 Å². The van der Waals surface area contributed by atoms with Gasteiger partial charge in [-0.3, -0.25) is 0 Å². The zero-order valence-corrected chi connectivity index (χ0v) is 11.6. The van der Waals surface area contributed by atoms with Crippen LogP contribution in [0, 0.1) is 0 Å². The maximum Gasteiger partial charge on any atom is 0.335 e. The fourth-order valence-corrected chi connectivity index (χ4v) is 1.93. The third kappa shape index (κ3) is 2.96. The SMILES string of the molecule is C/C=C\C=C(/CC)c1nc2c(o1)CC=C(C(=O)O)C=C2. The van der Waals surface area contributed by atoms with E-state index >= 15 is 0 Å². The minimum Gasteiger partial charge on any atom is -0.478 e. The smallest absolute Gasteiger partial charge is 0.335 e. The number of nitrogens with zero attached hydrogens (tertiary/aromatic N) is 1. The van der Waals surface area contributed by atoms with Gasteiger partial charge in [0, 0.05) is 12.0 Å². The average molecular weight is 271 g/mol. The quantitative estimate of drug-likeness (QED) is 0.849. The third-order valence-corrected chi connectivity index (χ3v) is 3.05. The molecule has 2 rings (SSSR count). The third-order valence-electron chi connectivity index (χ3n) is 3.05. The summed E-state index contributed by atoms with van der Waals surface area (Å²) >= 11 is 0. The molecule has 0 unspecified atom stereocenters. The van der Waals surface area contributed by atoms with Crippen molar-refractivity contribution in [3.05, 3.63) is 53.3 Å². The molecule has 0 aromatic carbocycles. The average Bonchev–Trinajstić information content (AvgIpc) is 2.72. The standard InChI is InChI=1S/C16H17NO3/c1-3-5-6-11(4-2)15-17-13-9-7-12(16(18)19)8-10-14(13)20-15/h3,5-9H,4,10H2,1-2H3,(H,18,19)/b5-3-,11-6+. The van der Waals surface area contributed by atoms with E-state index in [0.717, 1.165) is 12.0 Å². The zero-order chi connectivity index (χ0) is 14.5. The normalized spacial score (nSPS) is 15.1. The first-order chi connectivity index (χ1) is 9.65. The van der Waals surface area contributed by atoms with Gasteiger partial charge in [-0.2, -0.15) is 0 Å². The molecule has 1 aliphatic rings. The van der Waals surface area contributed by atoms with Crippen LogP contribution in [0.5, 0.6) is 0 Å². The number of rotatable bonds is 4. The number of carboxylic acid groups (broad SMARTS) is 1. The summed E-state index contributed by atoms with van der Waals surface area (Å²) in [7, 11) is 0. The maximum atomic E-state index is 10.9. The Morgan fingerprint density at radius 2 is 2.30 bits per heavy atom. The lowest BCUT2D eigenvalue weighted by molar-refractivity contribution is -0.132. The second kappa shape index (κ2) is 6.19. The molecule has 1 heterocycles. The molecule has 0 fully saturated rings. The summed E-state index contributed by atoms with van der Waals surface area (Å²) in [5.74, 6) is 0.369. The van der Waals surface area contributed by atoms with E-state index in [-0.39, 0.29) is 5.57 Å². The summed E-state index contributed by atoms with van der Waals surface area (Å²) in [5.41, 5.74) is 1.99. The van der Waals surface area contributed by atoms with Crippen LogP contribution in [-0.4, -0.2) is 16.1 Å². The molecule has 0 bridgehead atoms. The second-order valence-electron chi connectivity index (χ2n) is 4.40. The predicted octanol–water partition coefficient (Wildman–Crippen LogP) is 3.62. The van der Waals surface area contributed by atoms with Crippen LogP contribution in [0.2, 0.25) is 0 Å². The Kier molecular flexibility index (Phi) is 4.35. The van der Waals surface area contributed by atoms with Crippen molar-refractivity contribution in [3.8, 4) is 0 Å². The molecule has 20 heavy (non-hydrogen) atoms. The van der Waals surface area contributed by atoms with E-state index in [4.69, 9.17) is 9.52 Å². The molecular weight excluding hydrogens is 254 g/mol. The van der Waals surface area contributed by atoms with E-state index < -0.39 is 5.97 Å². The number of oxazole rings is 1. The molecule has 1 aromatic heterocycles. The van der Waals surface area contributed by atoms with Gasteiger partial charge in [0.1, 0.15) is 11.5 Å². The van der Waals surface area contributed by atoms with Crippen molar-refractivity contribution >= 4 is 17.6 Å². The van der Waals surface area contributed by atoms with Crippen LogP contribution in [-0.2, 0) is 11.2 Å². The minimum absolute atomic E-state index is 0.264. The molecule has 0 spiro atoms. The molecule has 1 aromatic rings. The fraction of sp³-hybridized carbons (Fsp3) is 0.250. The Morgan fingerprint density at radius 1 is 1.50 bits per heavy atom. The molecule has 4 nitrogen and oxygen atoms in total. The lowest BCUT2D eigenvalue weighted by Gasteiger charge is -1.97. The summed E-state index contributed by atoms with van der Waals surface area (Å²) < 4.78 is 5.76. The van der Waals surface area contributed by atoms with Gasteiger partial charge in [0.05, 0.1) is 5.57 Å². The fourth-order valence-electron chi connectivity index (χ4n) is 1.93. The van der Waals surface area contributed by atoms with Crippen molar-refractivity contribution < 1.29 is 14.3 Å². The molecule has 0 atom stereocenters. The van der Waals surface area contributed by atoms with E-state index in [2.05, 4.69) is 4.98 Å². The van der Waals surface area contributed by atoms with Gasteiger partial charge in [0.15, 0.2) is 0 Å².